The third-order valence-corrected chi connectivity index (χ3v) is 9.77. The lowest BCUT2D eigenvalue weighted by atomic mass is 9.86. The number of hydrogen-bond donors (Lipinski definition) is 0. The SMILES string of the molecule is c1ccc(-c2cc(-c3c4ccccc4cc4c3ccc3ccccc34)cc(-c3cccc4oc5cc6ccccc6cc5c34)c2)cc1. The van der Waals surface area contributed by atoms with Gasteiger partial charge in [-0.15, -0.1) is 0 Å². The summed E-state index contributed by atoms with van der Waals surface area (Å²) in [7, 11) is 0. The molecule has 0 amide bonds. The van der Waals surface area contributed by atoms with Crippen LogP contribution in [0.25, 0.3) is 98.4 Å². The van der Waals surface area contributed by atoms with E-state index in [0.29, 0.717) is 0 Å². The van der Waals surface area contributed by atoms with Crippen LogP contribution in [0.15, 0.2) is 174 Å². The molecule has 0 saturated heterocycles. The van der Waals surface area contributed by atoms with Crippen LogP contribution >= 0.6 is 0 Å². The van der Waals surface area contributed by atoms with Gasteiger partial charge in [0.05, 0.1) is 0 Å². The van der Waals surface area contributed by atoms with Crippen molar-refractivity contribution < 1.29 is 4.42 Å². The normalized spacial score (nSPS) is 11.8. The highest BCUT2D eigenvalue weighted by molar-refractivity contribution is 6.21. The summed E-state index contributed by atoms with van der Waals surface area (Å²) in [6.07, 6.45) is 0. The van der Waals surface area contributed by atoms with E-state index < -0.39 is 0 Å². The van der Waals surface area contributed by atoms with Crippen molar-refractivity contribution in [2.24, 2.45) is 0 Å². The van der Waals surface area contributed by atoms with E-state index in [9.17, 15) is 0 Å². The number of fused-ring (bicyclic) bond motifs is 8. The van der Waals surface area contributed by atoms with Crippen molar-refractivity contribution in [2.45, 2.75) is 0 Å². The van der Waals surface area contributed by atoms with E-state index in [-0.39, 0.29) is 0 Å². The minimum Gasteiger partial charge on any atom is -0.456 e. The molecule has 0 fully saturated rings. The average molecular weight is 597 g/mol. The molecule has 1 heteroatoms. The Morgan fingerprint density at radius 2 is 0.957 bits per heavy atom. The van der Waals surface area contributed by atoms with E-state index in [1.807, 2.05) is 0 Å². The molecule has 0 unspecified atom stereocenters. The van der Waals surface area contributed by atoms with Gasteiger partial charge in [-0.1, -0.05) is 127 Å². The Morgan fingerprint density at radius 3 is 1.81 bits per heavy atom. The summed E-state index contributed by atoms with van der Waals surface area (Å²) in [6, 6.07) is 61.7. The second-order valence-corrected chi connectivity index (χ2v) is 12.5. The molecule has 0 spiro atoms. The molecular formula is C46H28O. The first-order chi connectivity index (χ1) is 23.3. The van der Waals surface area contributed by atoms with Crippen molar-refractivity contribution in [2.75, 3.05) is 0 Å². The summed E-state index contributed by atoms with van der Waals surface area (Å²) in [6.45, 7) is 0. The van der Waals surface area contributed by atoms with Crippen molar-refractivity contribution >= 4 is 65.0 Å². The van der Waals surface area contributed by atoms with Gasteiger partial charge in [-0.3, -0.25) is 0 Å². The second-order valence-electron chi connectivity index (χ2n) is 12.5. The standard InChI is InChI=1S/C46H28O/c1-2-11-29(12-3-1)34-23-35(39-19-10-20-43-46(39)42-26-31-14-4-5-15-32(31)28-44(42)47-43)25-36(24-34)45-38-18-9-7-16-33(38)27-41-37-17-8-6-13-30(37)21-22-40(41)45/h1-28H. The fraction of sp³-hybridized carbons (Fsp3) is 0. The van der Waals surface area contributed by atoms with Gasteiger partial charge < -0.3 is 4.42 Å². The molecule has 10 aromatic rings. The molecule has 1 heterocycles. The molecule has 0 saturated carbocycles. The first-order valence-corrected chi connectivity index (χ1v) is 16.2. The second kappa shape index (κ2) is 10.2. The highest BCUT2D eigenvalue weighted by Crippen LogP contribution is 2.44. The lowest BCUT2D eigenvalue weighted by Crippen LogP contribution is -1.90. The van der Waals surface area contributed by atoms with Gasteiger partial charge in [0.15, 0.2) is 0 Å². The first kappa shape index (κ1) is 26.1. The molecule has 1 aromatic heterocycles. The van der Waals surface area contributed by atoms with Gasteiger partial charge in [0.2, 0.25) is 0 Å². The summed E-state index contributed by atoms with van der Waals surface area (Å²) < 4.78 is 6.51. The highest BCUT2D eigenvalue weighted by atomic mass is 16.3. The van der Waals surface area contributed by atoms with E-state index in [4.69, 9.17) is 4.42 Å². The van der Waals surface area contributed by atoms with Crippen LogP contribution in [0.3, 0.4) is 0 Å². The van der Waals surface area contributed by atoms with Crippen LogP contribution in [0.1, 0.15) is 0 Å². The van der Waals surface area contributed by atoms with Gasteiger partial charge in [-0.2, -0.15) is 0 Å². The fourth-order valence-corrected chi connectivity index (χ4v) is 7.61. The largest absolute Gasteiger partial charge is 0.456 e. The summed E-state index contributed by atoms with van der Waals surface area (Å²) in [5, 5.41) is 12.3. The molecule has 0 atom stereocenters. The van der Waals surface area contributed by atoms with Crippen LogP contribution in [0.5, 0.6) is 0 Å². The Hall–Kier alpha value is -6.18. The van der Waals surface area contributed by atoms with Gasteiger partial charge in [0, 0.05) is 10.8 Å². The Bertz CT molecular complexity index is 2840. The van der Waals surface area contributed by atoms with Gasteiger partial charge in [-0.05, 0) is 119 Å². The Kier molecular flexibility index (Phi) is 5.64. The van der Waals surface area contributed by atoms with E-state index in [2.05, 4.69) is 170 Å². The molecule has 9 aromatic carbocycles. The Balaban J connectivity index is 1.32. The molecule has 1 nitrogen and oxygen atoms in total. The summed E-state index contributed by atoms with van der Waals surface area (Å²) in [4.78, 5) is 0. The van der Waals surface area contributed by atoms with Gasteiger partial charge in [-0.25, -0.2) is 0 Å². The third kappa shape index (κ3) is 4.10. The van der Waals surface area contributed by atoms with Crippen LogP contribution in [0, 0.1) is 0 Å². The molecule has 0 bridgehead atoms. The maximum atomic E-state index is 6.51. The smallest absolute Gasteiger partial charge is 0.136 e. The number of hydrogen-bond acceptors (Lipinski definition) is 1. The molecule has 0 aliphatic heterocycles. The zero-order valence-electron chi connectivity index (χ0n) is 25.6. The average Bonchev–Trinajstić information content (AvgIpc) is 3.50. The van der Waals surface area contributed by atoms with Crippen LogP contribution in [0.4, 0.5) is 0 Å². The quantitative estimate of drug-likeness (QED) is 0.146. The number of rotatable bonds is 3. The van der Waals surface area contributed by atoms with Gasteiger partial charge >= 0.3 is 0 Å². The first-order valence-electron chi connectivity index (χ1n) is 16.2. The predicted molar refractivity (Wildman–Crippen MR) is 200 cm³/mol. The zero-order chi connectivity index (χ0) is 30.9. The minimum atomic E-state index is 0.904. The van der Waals surface area contributed by atoms with Gasteiger partial charge in [0.1, 0.15) is 11.2 Å². The zero-order valence-corrected chi connectivity index (χ0v) is 25.6. The van der Waals surface area contributed by atoms with E-state index >= 15 is 0 Å². The van der Waals surface area contributed by atoms with Gasteiger partial charge in [0.25, 0.3) is 0 Å². The molecular weight excluding hydrogens is 569 g/mol. The Labute approximate surface area is 271 Å². The molecule has 10 rings (SSSR count). The van der Waals surface area contributed by atoms with Crippen LogP contribution < -0.4 is 0 Å². The molecule has 218 valence electrons. The van der Waals surface area contributed by atoms with E-state index in [0.717, 1.165) is 21.9 Å². The van der Waals surface area contributed by atoms with Crippen molar-refractivity contribution in [1.29, 1.82) is 0 Å². The molecule has 0 radical (unpaired) electrons. The van der Waals surface area contributed by atoms with Crippen molar-refractivity contribution in [3.05, 3.63) is 170 Å². The lowest BCUT2D eigenvalue weighted by Gasteiger charge is -2.17. The number of furan rings is 1. The lowest BCUT2D eigenvalue weighted by molar-refractivity contribution is 0.669. The maximum absolute atomic E-state index is 6.51. The number of benzene rings is 9. The van der Waals surface area contributed by atoms with E-state index in [1.165, 1.54) is 76.5 Å². The molecule has 0 aliphatic carbocycles. The molecule has 47 heavy (non-hydrogen) atoms. The fourth-order valence-electron chi connectivity index (χ4n) is 7.61. The third-order valence-electron chi connectivity index (χ3n) is 9.77. The highest BCUT2D eigenvalue weighted by Gasteiger charge is 2.18. The maximum Gasteiger partial charge on any atom is 0.136 e. The summed E-state index contributed by atoms with van der Waals surface area (Å²) >= 11 is 0. The van der Waals surface area contributed by atoms with Crippen LogP contribution in [0.2, 0.25) is 0 Å². The summed E-state index contributed by atoms with van der Waals surface area (Å²) in [5.41, 5.74) is 9.01. The minimum absolute atomic E-state index is 0.904. The van der Waals surface area contributed by atoms with Crippen molar-refractivity contribution in [3.63, 3.8) is 0 Å². The van der Waals surface area contributed by atoms with Crippen molar-refractivity contribution in [1.82, 2.24) is 0 Å². The topological polar surface area (TPSA) is 13.1 Å². The van der Waals surface area contributed by atoms with Crippen LogP contribution in [-0.4, -0.2) is 0 Å². The predicted octanol–water partition coefficient (Wildman–Crippen LogP) is 13.2. The monoisotopic (exact) mass is 596 g/mol. The Morgan fingerprint density at radius 1 is 0.298 bits per heavy atom. The van der Waals surface area contributed by atoms with Crippen molar-refractivity contribution in [3.8, 4) is 33.4 Å². The molecule has 0 aliphatic rings. The van der Waals surface area contributed by atoms with Crippen LogP contribution in [-0.2, 0) is 0 Å². The van der Waals surface area contributed by atoms with E-state index in [1.54, 1.807) is 0 Å². The molecule has 0 N–H and O–H groups in total. The summed E-state index contributed by atoms with van der Waals surface area (Å²) in [5.74, 6) is 0.